The summed E-state index contributed by atoms with van der Waals surface area (Å²) in [6, 6.07) is 0. The highest BCUT2D eigenvalue weighted by atomic mass is 19.1. The van der Waals surface area contributed by atoms with Gasteiger partial charge in [-0.15, -0.1) is 0 Å². The van der Waals surface area contributed by atoms with Crippen molar-refractivity contribution >= 4 is 0 Å². The monoisotopic (exact) mass is 138 g/mol. The van der Waals surface area contributed by atoms with Crippen LogP contribution in [-0.4, -0.2) is 0 Å². The van der Waals surface area contributed by atoms with Crippen molar-refractivity contribution in [3.63, 3.8) is 0 Å². The molecular formula is C9H11F. The first-order valence-corrected chi connectivity index (χ1v) is 3.49. The second-order valence-electron chi connectivity index (χ2n) is 2.45. The van der Waals surface area contributed by atoms with Crippen LogP contribution in [0.15, 0.2) is 35.7 Å². The van der Waals surface area contributed by atoms with E-state index >= 15 is 0 Å². The summed E-state index contributed by atoms with van der Waals surface area (Å²) in [5.74, 6) is -0.118. The average molecular weight is 138 g/mol. The Kier molecular flexibility index (Phi) is 2.43. The molecule has 0 saturated heterocycles. The Hall–Kier alpha value is -0.850. The lowest BCUT2D eigenvalue weighted by Crippen LogP contribution is -1.77. The molecule has 0 aromatic heterocycles. The minimum Gasteiger partial charge on any atom is -0.207 e. The van der Waals surface area contributed by atoms with Gasteiger partial charge in [0.05, 0.1) is 0 Å². The van der Waals surface area contributed by atoms with Gasteiger partial charge in [0.25, 0.3) is 0 Å². The fourth-order valence-electron chi connectivity index (χ4n) is 0.879. The molecule has 0 atom stereocenters. The zero-order valence-corrected chi connectivity index (χ0v) is 6.10. The summed E-state index contributed by atoms with van der Waals surface area (Å²) in [6.45, 7) is 1.98. The maximum absolute atomic E-state index is 12.5. The minimum absolute atomic E-state index is 0.118. The van der Waals surface area contributed by atoms with Gasteiger partial charge in [0.1, 0.15) is 5.83 Å². The Labute approximate surface area is 60.7 Å². The average Bonchev–Trinajstić information content (AvgIpc) is 1.90. The van der Waals surface area contributed by atoms with E-state index in [0.29, 0.717) is 0 Å². The van der Waals surface area contributed by atoms with Crippen LogP contribution in [0.1, 0.15) is 19.8 Å². The zero-order valence-electron chi connectivity index (χ0n) is 6.10. The molecule has 10 heavy (non-hydrogen) atoms. The van der Waals surface area contributed by atoms with Crippen LogP contribution in [0.5, 0.6) is 0 Å². The molecule has 0 N–H and O–H groups in total. The summed E-state index contributed by atoms with van der Waals surface area (Å²) in [6.07, 6.45) is 8.78. The highest BCUT2D eigenvalue weighted by molar-refractivity contribution is 5.24. The van der Waals surface area contributed by atoms with Crippen LogP contribution in [0.2, 0.25) is 0 Å². The summed E-state index contributed by atoms with van der Waals surface area (Å²) in [4.78, 5) is 0. The fraction of sp³-hybridized carbons (Fsp3) is 0.333. The SMILES string of the molecule is CC1=CCCC=C(F)C=C1. The fourth-order valence-corrected chi connectivity index (χ4v) is 0.879. The number of rotatable bonds is 0. The molecule has 0 unspecified atom stereocenters. The number of halogens is 1. The van der Waals surface area contributed by atoms with Gasteiger partial charge in [0.15, 0.2) is 0 Å². The highest BCUT2D eigenvalue weighted by Gasteiger charge is 1.91. The first-order valence-electron chi connectivity index (χ1n) is 3.49. The molecule has 0 radical (unpaired) electrons. The van der Waals surface area contributed by atoms with Crippen LogP contribution in [0.4, 0.5) is 4.39 Å². The van der Waals surface area contributed by atoms with E-state index in [1.165, 1.54) is 6.08 Å². The molecular weight excluding hydrogens is 127 g/mol. The van der Waals surface area contributed by atoms with Gasteiger partial charge < -0.3 is 0 Å². The normalized spacial score (nSPS) is 19.0. The molecule has 0 aromatic rings. The molecule has 0 saturated carbocycles. The molecule has 1 aliphatic carbocycles. The van der Waals surface area contributed by atoms with Gasteiger partial charge in [-0.25, -0.2) is 4.39 Å². The van der Waals surface area contributed by atoms with Crippen molar-refractivity contribution < 1.29 is 4.39 Å². The topological polar surface area (TPSA) is 0 Å². The molecule has 1 rings (SSSR count). The van der Waals surface area contributed by atoms with Crippen LogP contribution >= 0.6 is 0 Å². The van der Waals surface area contributed by atoms with E-state index in [4.69, 9.17) is 0 Å². The molecule has 54 valence electrons. The molecule has 0 nitrogen and oxygen atoms in total. The molecule has 0 heterocycles. The van der Waals surface area contributed by atoms with Crippen LogP contribution in [0, 0.1) is 0 Å². The third kappa shape index (κ3) is 2.18. The number of allylic oxidation sites excluding steroid dienone is 6. The largest absolute Gasteiger partial charge is 0.207 e. The molecule has 0 aromatic carbocycles. The zero-order chi connectivity index (χ0) is 7.40. The van der Waals surface area contributed by atoms with Gasteiger partial charge in [-0.05, 0) is 31.9 Å². The Morgan fingerprint density at radius 3 is 2.70 bits per heavy atom. The maximum atomic E-state index is 12.5. The molecule has 0 spiro atoms. The van der Waals surface area contributed by atoms with Gasteiger partial charge in [0, 0.05) is 0 Å². The van der Waals surface area contributed by atoms with Crippen LogP contribution in [-0.2, 0) is 0 Å². The van der Waals surface area contributed by atoms with Gasteiger partial charge in [-0.3, -0.25) is 0 Å². The van der Waals surface area contributed by atoms with Crippen molar-refractivity contribution in [2.24, 2.45) is 0 Å². The molecule has 0 amide bonds. The third-order valence-corrected chi connectivity index (χ3v) is 1.48. The second-order valence-corrected chi connectivity index (χ2v) is 2.45. The predicted molar refractivity (Wildman–Crippen MR) is 41.3 cm³/mol. The molecule has 0 aliphatic heterocycles. The Bertz CT molecular complexity index is 175. The first kappa shape index (κ1) is 7.26. The molecule has 0 bridgehead atoms. The van der Waals surface area contributed by atoms with E-state index in [1.54, 1.807) is 12.2 Å². The lowest BCUT2D eigenvalue weighted by atomic mass is 10.1. The second kappa shape index (κ2) is 3.35. The van der Waals surface area contributed by atoms with E-state index in [2.05, 4.69) is 6.08 Å². The van der Waals surface area contributed by atoms with Crippen LogP contribution in [0.3, 0.4) is 0 Å². The van der Waals surface area contributed by atoms with Gasteiger partial charge >= 0.3 is 0 Å². The molecule has 1 aliphatic rings. The minimum atomic E-state index is -0.118. The van der Waals surface area contributed by atoms with Crippen molar-refractivity contribution in [1.82, 2.24) is 0 Å². The lowest BCUT2D eigenvalue weighted by molar-refractivity contribution is 0.658. The van der Waals surface area contributed by atoms with Crippen molar-refractivity contribution in [1.29, 1.82) is 0 Å². The lowest BCUT2D eigenvalue weighted by Gasteiger charge is -1.96. The summed E-state index contributed by atoms with van der Waals surface area (Å²) in [5.41, 5.74) is 1.14. The van der Waals surface area contributed by atoms with Crippen molar-refractivity contribution in [2.75, 3.05) is 0 Å². The smallest absolute Gasteiger partial charge is 0.119 e. The van der Waals surface area contributed by atoms with E-state index in [1.807, 2.05) is 6.92 Å². The third-order valence-electron chi connectivity index (χ3n) is 1.48. The molecule has 0 fully saturated rings. The summed E-state index contributed by atoms with van der Waals surface area (Å²) < 4.78 is 12.5. The molecule has 1 heteroatoms. The van der Waals surface area contributed by atoms with Gasteiger partial charge in [-0.1, -0.05) is 17.7 Å². The van der Waals surface area contributed by atoms with Gasteiger partial charge in [0.2, 0.25) is 0 Å². The standard InChI is InChI=1S/C9H11F/c1-8-4-2-3-5-9(10)7-6-8/h4-7H,2-3H2,1H3. The summed E-state index contributed by atoms with van der Waals surface area (Å²) >= 11 is 0. The van der Waals surface area contributed by atoms with E-state index < -0.39 is 0 Å². The van der Waals surface area contributed by atoms with Crippen LogP contribution < -0.4 is 0 Å². The predicted octanol–water partition coefficient (Wildman–Crippen LogP) is 3.14. The van der Waals surface area contributed by atoms with Crippen LogP contribution in [0.25, 0.3) is 0 Å². The quantitative estimate of drug-likeness (QED) is 0.482. The van der Waals surface area contributed by atoms with Crippen molar-refractivity contribution in [2.45, 2.75) is 19.8 Å². The highest BCUT2D eigenvalue weighted by Crippen LogP contribution is 2.10. The van der Waals surface area contributed by atoms with E-state index in [9.17, 15) is 4.39 Å². The Morgan fingerprint density at radius 2 is 1.90 bits per heavy atom. The maximum Gasteiger partial charge on any atom is 0.119 e. The Morgan fingerprint density at radius 1 is 1.20 bits per heavy atom. The van der Waals surface area contributed by atoms with E-state index in [-0.39, 0.29) is 5.83 Å². The van der Waals surface area contributed by atoms with E-state index in [0.717, 1.165) is 18.4 Å². The summed E-state index contributed by atoms with van der Waals surface area (Å²) in [7, 11) is 0. The Balaban J connectivity index is 2.73. The first-order chi connectivity index (χ1) is 4.79. The van der Waals surface area contributed by atoms with Crippen molar-refractivity contribution in [3.8, 4) is 0 Å². The van der Waals surface area contributed by atoms with Gasteiger partial charge in [-0.2, -0.15) is 0 Å². The summed E-state index contributed by atoms with van der Waals surface area (Å²) in [5, 5.41) is 0. The van der Waals surface area contributed by atoms with Crippen molar-refractivity contribution in [3.05, 3.63) is 35.7 Å². The number of hydrogen-bond donors (Lipinski definition) is 0. The number of hydrogen-bond acceptors (Lipinski definition) is 0.